The Morgan fingerprint density at radius 1 is 1.31 bits per heavy atom. The standard InChI is InChI=1S/C11H22O2/c1-5-8-9-11(4,6-2)10(12)13-7-3/h5-9H2,1-4H3. The van der Waals surface area contributed by atoms with Gasteiger partial charge in [0.05, 0.1) is 12.0 Å². The van der Waals surface area contributed by atoms with Gasteiger partial charge < -0.3 is 4.74 Å². The van der Waals surface area contributed by atoms with Gasteiger partial charge in [-0.3, -0.25) is 4.79 Å². The van der Waals surface area contributed by atoms with E-state index in [1.165, 1.54) is 0 Å². The fraction of sp³-hybridized carbons (Fsp3) is 0.909. The van der Waals surface area contributed by atoms with Crippen LogP contribution in [-0.2, 0) is 9.53 Å². The molecule has 0 aliphatic rings. The summed E-state index contributed by atoms with van der Waals surface area (Å²) >= 11 is 0. The molecule has 0 fully saturated rings. The van der Waals surface area contributed by atoms with Gasteiger partial charge in [-0.1, -0.05) is 26.7 Å². The smallest absolute Gasteiger partial charge is 0.311 e. The van der Waals surface area contributed by atoms with Gasteiger partial charge >= 0.3 is 5.97 Å². The first-order chi connectivity index (χ1) is 6.10. The molecule has 2 heteroatoms. The van der Waals surface area contributed by atoms with Crippen LogP contribution in [0.2, 0.25) is 0 Å². The maximum atomic E-state index is 11.6. The molecule has 0 rings (SSSR count). The lowest BCUT2D eigenvalue weighted by atomic mass is 9.82. The molecular formula is C11H22O2. The summed E-state index contributed by atoms with van der Waals surface area (Å²) in [7, 11) is 0. The zero-order valence-corrected chi connectivity index (χ0v) is 9.35. The molecule has 1 atom stereocenters. The third-order valence-electron chi connectivity index (χ3n) is 2.63. The first kappa shape index (κ1) is 12.5. The molecule has 0 bridgehead atoms. The molecule has 0 N–H and O–H groups in total. The van der Waals surface area contributed by atoms with Crippen LogP contribution in [0.1, 0.15) is 53.4 Å². The lowest BCUT2D eigenvalue weighted by Crippen LogP contribution is -2.29. The van der Waals surface area contributed by atoms with Crippen molar-refractivity contribution in [1.82, 2.24) is 0 Å². The SMILES string of the molecule is CCCCC(C)(CC)C(=O)OCC. The number of rotatable bonds is 6. The zero-order valence-electron chi connectivity index (χ0n) is 9.35. The average Bonchev–Trinajstić information content (AvgIpc) is 2.14. The van der Waals surface area contributed by atoms with Crippen molar-refractivity contribution in [3.8, 4) is 0 Å². The van der Waals surface area contributed by atoms with Crippen LogP contribution in [-0.4, -0.2) is 12.6 Å². The molecule has 13 heavy (non-hydrogen) atoms. The van der Waals surface area contributed by atoms with Crippen LogP contribution in [0.15, 0.2) is 0 Å². The molecule has 0 saturated heterocycles. The van der Waals surface area contributed by atoms with Crippen LogP contribution >= 0.6 is 0 Å². The molecule has 0 saturated carbocycles. The highest BCUT2D eigenvalue weighted by molar-refractivity contribution is 5.76. The highest BCUT2D eigenvalue weighted by Crippen LogP contribution is 2.29. The van der Waals surface area contributed by atoms with E-state index < -0.39 is 0 Å². The third-order valence-corrected chi connectivity index (χ3v) is 2.63. The number of unbranched alkanes of at least 4 members (excludes halogenated alkanes) is 1. The molecule has 0 spiro atoms. The number of hydrogen-bond acceptors (Lipinski definition) is 2. The number of esters is 1. The van der Waals surface area contributed by atoms with E-state index in [2.05, 4.69) is 6.92 Å². The molecule has 1 unspecified atom stereocenters. The molecule has 0 aromatic carbocycles. The summed E-state index contributed by atoms with van der Waals surface area (Å²) in [6.45, 7) is 8.53. The van der Waals surface area contributed by atoms with Gasteiger partial charge in [-0.05, 0) is 26.7 Å². The first-order valence-electron chi connectivity index (χ1n) is 5.28. The summed E-state index contributed by atoms with van der Waals surface area (Å²) in [5, 5.41) is 0. The van der Waals surface area contributed by atoms with Crippen molar-refractivity contribution in [2.45, 2.75) is 53.4 Å². The van der Waals surface area contributed by atoms with Gasteiger partial charge in [0.1, 0.15) is 0 Å². The summed E-state index contributed by atoms with van der Waals surface area (Å²) in [5.74, 6) is -0.0362. The predicted molar refractivity (Wildman–Crippen MR) is 54.6 cm³/mol. The van der Waals surface area contributed by atoms with Crippen molar-refractivity contribution in [3.05, 3.63) is 0 Å². The van der Waals surface area contributed by atoms with Gasteiger partial charge in [-0.15, -0.1) is 0 Å². The fourth-order valence-electron chi connectivity index (χ4n) is 1.30. The summed E-state index contributed by atoms with van der Waals surface area (Å²) < 4.78 is 5.06. The molecule has 0 amide bonds. The molecule has 0 aliphatic carbocycles. The van der Waals surface area contributed by atoms with Crippen molar-refractivity contribution in [3.63, 3.8) is 0 Å². The Kier molecular flexibility index (Phi) is 5.76. The van der Waals surface area contributed by atoms with E-state index in [1.807, 2.05) is 20.8 Å². The van der Waals surface area contributed by atoms with Crippen molar-refractivity contribution >= 4 is 5.97 Å². The molecule has 78 valence electrons. The van der Waals surface area contributed by atoms with Crippen molar-refractivity contribution in [2.75, 3.05) is 6.61 Å². The second kappa shape index (κ2) is 6.01. The Bertz CT molecular complexity index is 154. The fourth-order valence-corrected chi connectivity index (χ4v) is 1.30. The molecule has 0 aliphatic heterocycles. The van der Waals surface area contributed by atoms with Crippen LogP contribution in [0.4, 0.5) is 0 Å². The van der Waals surface area contributed by atoms with Gasteiger partial charge in [0.2, 0.25) is 0 Å². The van der Waals surface area contributed by atoms with Crippen LogP contribution in [0.3, 0.4) is 0 Å². The Hall–Kier alpha value is -0.530. The largest absolute Gasteiger partial charge is 0.466 e. The van der Waals surface area contributed by atoms with Gasteiger partial charge in [0.25, 0.3) is 0 Å². The van der Waals surface area contributed by atoms with Crippen molar-refractivity contribution in [1.29, 1.82) is 0 Å². The summed E-state index contributed by atoms with van der Waals surface area (Å²) in [6, 6.07) is 0. The van der Waals surface area contributed by atoms with Gasteiger partial charge in [-0.2, -0.15) is 0 Å². The normalized spacial score (nSPS) is 15.1. The Morgan fingerprint density at radius 3 is 2.31 bits per heavy atom. The Morgan fingerprint density at radius 2 is 1.92 bits per heavy atom. The first-order valence-corrected chi connectivity index (χ1v) is 5.28. The lowest BCUT2D eigenvalue weighted by Gasteiger charge is -2.25. The Labute approximate surface area is 81.7 Å². The summed E-state index contributed by atoms with van der Waals surface area (Å²) in [5.41, 5.74) is -0.258. The maximum absolute atomic E-state index is 11.6. The van der Waals surface area contributed by atoms with E-state index in [0.717, 1.165) is 25.7 Å². The van der Waals surface area contributed by atoms with Crippen LogP contribution in [0.25, 0.3) is 0 Å². The van der Waals surface area contributed by atoms with Gasteiger partial charge in [0, 0.05) is 0 Å². The van der Waals surface area contributed by atoms with E-state index in [-0.39, 0.29) is 11.4 Å². The molecule has 0 aromatic rings. The minimum atomic E-state index is -0.258. The van der Waals surface area contributed by atoms with Crippen LogP contribution in [0, 0.1) is 5.41 Å². The monoisotopic (exact) mass is 186 g/mol. The minimum absolute atomic E-state index is 0.0362. The predicted octanol–water partition coefficient (Wildman–Crippen LogP) is 3.16. The third kappa shape index (κ3) is 3.79. The number of carbonyl (C=O) groups excluding carboxylic acids is 1. The summed E-state index contributed by atoms with van der Waals surface area (Å²) in [6.07, 6.45) is 4.04. The number of hydrogen-bond donors (Lipinski definition) is 0. The highest BCUT2D eigenvalue weighted by Gasteiger charge is 2.31. The number of carbonyl (C=O) groups is 1. The van der Waals surface area contributed by atoms with E-state index in [0.29, 0.717) is 6.61 Å². The topological polar surface area (TPSA) is 26.3 Å². The van der Waals surface area contributed by atoms with E-state index in [4.69, 9.17) is 4.74 Å². The van der Waals surface area contributed by atoms with Crippen molar-refractivity contribution < 1.29 is 9.53 Å². The van der Waals surface area contributed by atoms with Crippen LogP contribution < -0.4 is 0 Å². The minimum Gasteiger partial charge on any atom is -0.466 e. The molecule has 2 nitrogen and oxygen atoms in total. The molecule has 0 aromatic heterocycles. The van der Waals surface area contributed by atoms with Gasteiger partial charge in [0.15, 0.2) is 0 Å². The van der Waals surface area contributed by atoms with E-state index >= 15 is 0 Å². The second-order valence-electron chi connectivity index (χ2n) is 3.74. The van der Waals surface area contributed by atoms with E-state index in [1.54, 1.807) is 0 Å². The zero-order chi connectivity index (χ0) is 10.3. The number of ether oxygens (including phenoxy) is 1. The lowest BCUT2D eigenvalue weighted by molar-refractivity contribution is -0.155. The summed E-state index contributed by atoms with van der Waals surface area (Å²) in [4.78, 5) is 11.6. The second-order valence-corrected chi connectivity index (χ2v) is 3.74. The molecular weight excluding hydrogens is 164 g/mol. The van der Waals surface area contributed by atoms with Crippen LogP contribution in [0.5, 0.6) is 0 Å². The van der Waals surface area contributed by atoms with E-state index in [9.17, 15) is 4.79 Å². The molecule has 0 radical (unpaired) electrons. The quantitative estimate of drug-likeness (QED) is 0.596. The highest BCUT2D eigenvalue weighted by atomic mass is 16.5. The van der Waals surface area contributed by atoms with Gasteiger partial charge in [-0.25, -0.2) is 0 Å². The molecule has 0 heterocycles. The van der Waals surface area contributed by atoms with Crippen molar-refractivity contribution in [2.24, 2.45) is 5.41 Å². The average molecular weight is 186 g/mol. The Balaban J connectivity index is 4.16. The maximum Gasteiger partial charge on any atom is 0.311 e.